The van der Waals surface area contributed by atoms with E-state index in [9.17, 15) is 18.4 Å². The molecule has 0 saturated heterocycles. The van der Waals surface area contributed by atoms with Gasteiger partial charge in [-0.25, -0.2) is 13.8 Å². The molecule has 0 N–H and O–H groups in total. The van der Waals surface area contributed by atoms with E-state index in [1.54, 1.807) is 66.4 Å². The lowest BCUT2D eigenvalue weighted by molar-refractivity contribution is -0.129. The van der Waals surface area contributed by atoms with Crippen LogP contribution in [0, 0.1) is 18.6 Å². The van der Waals surface area contributed by atoms with Crippen LogP contribution in [0.4, 0.5) is 8.78 Å². The Labute approximate surface area is 205 Å². The monoisotopic (exact) mass is 491 g/mol. The van der Waals surface area contributed by atoms with E-state index in [0.29, 0.717) is 32.9 Å². The highest BCUT2D eigenvalue weighted by Gasteiger charge is 2.33. The molecule has 1 aliphatic rings. The number of amides is 1. The Morgan fingerprint density at radius 2 is 1.80 bits per heavy atom. The van der Waals surface area contributed by atoms with Crippen LogP contribution in [0.3, 0.4) is 0 Å². The smallest absolute Gasteiger partial charge is 0.266 e. The molecule has 1 heterocycles. The summed E-state index contributed by atoms with van der Waals surface area (Å²) >= 11 is 1.12. The van der Waals surface area contributed by atoms with Gasteiger partial charge in [0.15, 0.2) is 5.16 Å². The number of hydrogen-bond acceptors (Lipinski definition) is 4. The quantitative estimate of drug-likeness (QED) is 0.262. The lowest BCUT2D eigenvalue weighted by Crippen LogP contribution is -2.34. The summed E-state index contributed by atoms with van der Waals surface area (Å²) < 4.78 is 29.9. The number of carbonyl (C=O) groups is 1. The molecule has 0 aliphatic heterocycles. The van der Waals surface area contributed by atoms with Crippen LogP contribution in [0.5, 0.6) is 0 Å². The lowest BCUT2D eigenvalue weighted by Gasteiger charge is -2.23. The molecule has 0 atom stereocenters. The van der Waals surface area contributed by atoms with E-state index >= 15 is 0 Å². The SMILES string of the molecule is Cc1ccc(-n2c(SCC(=O)N(Cc3ccccc3F)C3CC3)nc3ccccc3c2=O)cc1F. The van der Waals surface area contributed by atoms with Crippen molar-refractivity contribution in [3.05, 3.63) is 99.8 Å². The number of halogens is 2. The third kappa shape index (κ3) is 4.84. The van der Waals surface area contributed by atoms with Crippen LogP contribution in [0.25, 0.3) is 16.6 Å². The van der Waals surface area contributed by atoms with Crippen molar-refractivity contribution in [2.24, 2.45) is 0 Å². The minimum absolute atomic E-state index is 0.0179. The van der Waals surface area contributed by atoms with Gasteiger partial charge in [0.25, 0.3) is 5.56 Å². The van der Waals surface area contributed by atoms with Gasteiger partial charge in [-0.15, -0.1) is 0 Å². The summed E-state index contributed by atoms with van der Waals surface area (Å²) in [6.45, 7) is 1.84. The molecule has 1 fully saturated rings. The number of hydrogen-bond donors (Lipinski definition) is 0. The summed E-state index contributed by atoms with van der Waals surface area (Å²) in [7, 11) is 0. The van der Waals surface area contributed by atoms with Gasteiger partial charge in [0.05, 0.1) is 22.3 Å². The molecule has 0 unspecified atom stereocenters. The molecule has 3 aromatic carbocycles. The van der Waals surface area contributed by atoms with Gasteiger partial charge in [-0.3, -0.25) is 14.2 Å². The van der Waals surface area contributed by atoms with Crippen LogP contribution in [0.15, 0.2) is 76.7 Å². The molecule has 1 aromatic heterocycles. The minimum atomic E-state index is -0.431. The fourth-order valence-electron chi connectivity index (χ4n) is 3.98. The number of carbonyl (C=O) groups excluding carboxylic acids is 1. The summed E-state index contributed by atoms with van der Waals surface area (Å²) in [6, 6.07) is 18.0. The Kier molecular flexibility index (Phi) is 6.38. The van der Waals surface area contributed by atoms with E-state index in [2.05, 4.69) is 4.98 Å². The lowest BCUT2D eigenvalue weighted by atomic mass is 10.2. The first-order valence-corrected chi connectivity index (χ1v) is 12.3. The van der Waals surface area contributed by atoms with Gasteiger partial charge in [0, 0.05) is 18.2 Å². The van der Waals surface area contributed by atoms with Gasteiger partial charge in [0.1, 0.15) is 11.6 Å². The highest BCUT2D eigenvalue weighted by Crippen LogP contribution is 2.30. The average Bonchev–Trinajstić information content (AvgIpc) is 3.69. The molecule has 1 aliphatic carbocycles. The standard InChI is InChI=1S/C27H23F2N3O2S/c1-17-10-11-20(14-23(17)29)32-26(34)21-7-3-5-9-24(21)30-27(32)35-16-25(33)31(19-12-13-19)15-18-6-2-4-8-22(18)28/h2-11,14,19H,12-13,15-16H2,1H3. The van der Waals surface area contributed by atoms with Gasteiger partial charge in [0.2, 0.25) is 5.91 Å². The molecular weight excluding hydrogens is 468 g/mol. The third-order valence-electron chi connectivity index (χ3n) is 6.09. The third-order valence-corrected chi connectivity index (χ3v) is 7.01. The van der Waals surface area contributed by atoms with Gasteiger partial charge in [-0.2, -0.15) is 0 Å². The zero-order valence-corrected chi connectivity index (χ0v) is 19.9. The molecular formula is C27H23F2N3O2S. The summed E-state index contributed by atoms with van der Waals surface area (Å²) in [5.74, 6) is -0.918. The summed E-state index contributed by atoms with van der Waals surface area (Å²) in [4.78, 5) is 32.9. The zero-order chi connectivity index (χ0) is 24.5. The van der Waals surface area contributed by atoms with Crippen molar-refractivity contribution >= 4 is 28.6 Å². The summed E-state index contributed by atoms with van der Waals surface area (Å²) in [6.07, 6.45) is 1.76. The highest BCUT2D eigenvalue weighted by molar-refractivity contribution is 7.99. The van der Waals surface area contributed by atoms with Crippen LogP contribution in [-0.4, -0.2) is 32.2 Å². The van der Waals surface area contributed by atoms with Crippen molar-refractivity contribution in [2.45, 2.75) is 37.5 Å². The first-order valence-electron chi connectivity index (χ1n) is 11.4. The molecule has 5 nitrogen and oxygen atoms in total. The van der Waals surface area contributed by atoms with Crippen LogP contribution in [0.2, 0.25) is 0 Å². The molecule has 0 bridgehead atoms. The van der Waals surface area contributed by atoms with Crippen molar-refractivity contribution in [3.8, 4) is 5.69 Å². The van der Waals surface area contributed by atoms with Crippen molar-refractivity contribution in [1.82, 2.24) is 14.5 Å². The van der Waals surface area contributed by atoms with Crippen LogP contribution < -0.4 is 5.56 Å². The molecule has 0 radical (unpaired) electrons. The van der Waals surface area contributed by atoms with E-state index in [-0.39, 0.29) is 35.6 Å². The number of aromatic nitrogens is 2. The number of thioether (sulfide) groups is 1. The highest BCUT2D eigenvalue weighted by atomic mass is 32.2. The second-order valence-corrected chi connectivity index (χ2v) is 9.56. The number of aryl methyl sites for hydroxylation is 1. The van der Waals surface area contributed by atoms with Crippen molar-refractivity contribution in [1.29, 1.82) is 0 Å². The Morgan fingerprint density at radius 3 is 2.54 bits per heavy atom. The number of para-hydroxylation sites is 1. The fourth-order valence-corrected chi connectivity index (χ4v) is 4.88. The first-order chi connectivity index (χ1) is 16.9. The number of nitrogens with zero attached hydrogens (tertiary/aromatic N) is 3. The largest absolute Gasteiger partial charge is 0.335 e. The molecule has 1 saturated carbocycles. The van der Waals surface area contributed by atoms with Crippen LogP contribution >= 0.6 is 11.8 Å². The molecule has 178 valence electrons. The Hall–Kier alpha value is -3.52. The number of fused-ring (bicyclic) bond motifs is 1. The molecule has 4 aromatic rings. The maximum atomic E-state index is 14.4. The summed E-state index contributed by atoms with van der Waals surface area (Å²) in [5.41, 5.74) is 1.44. The average molecular weight is 492 g/mol. The Balaban J connectivity index is 1.47. The van der Waals surface area contributed by atoms with Crippen LogP contribution in [0.1, 0.15) is 24.0 Å². The number of rotatable bonds is 7. The second kappa shape index (κ2) is 9.62. The maximum Gasteiger partial charge on any atom is 0.266 e. The molecule has 35 heavy (non-hydrogen) atoms. The van der Waals surface area contributed by atoms with Crippen molar-refractivity contribution in [2.75, 3.05) is 5.75 Å². The van der Waals surface area contributed by atoms with Gasteiger partial charge in [-0.05, 0) is 55.7 Å². The first kappa shape index (κ1) is 23.2. The Bertz CT molecular complexity index is 1480. The Morgan fingerprint density at radius 1 is 1.06 bits per heavy atom. The fraction of sp³-hybridized carbons (Fsp3) is 0.222. The van der Waals surface area contributed by atoms with E-state index in [1.165, 1.54) is 16.7 Å². The number of benzene rings is 3. The molecule has 5 rings (SSSR count). The van der Waals surface area contributed by atoms with E-state index < -0.39 is 5.82 Å². The second-order valence-electron chi connectivity index (χ2n) is 8.62. The van der Waals surface area contributed by atoms with E-state index in [0.717, 1.165) is 24.6 Å². The maximum absolute atomic E-state index is 14.4. The van der Waals surface area contributed by atoms with E-state index in [4.69, 9.17) is 0 Å². The normalized spacial score (nSPS) is 13.2. The van der Waals surface area contributed by atoms with Gasteiger partial charge >= 0.3 is 0 Å². The van der Waals surface area contributed by atoms with Crippen LogP contribution in [-0.2, 0) is 11.3 Å². The molecule has 0 spiro atoms. The van der Waals surface area contributed by atoms with Gasteiger partial charge in [-0.1, -0.05) is 48.2 Å². The molecule has 8 heteroatoms. The summed E-state index contributed by atoms with van der Waals surface area (Å²) in [5, 5.41) is 0.704. The predicted molar refractivity (Wildman–Crippen MR) is 133 cm³/mol. The van der Waals surface area contributed by atoms with Crippen molar-refractivity contribution in [3.63, 3.8) is 0 Å². The predicted octanol–water partition coefficient (Wildman–Crippen LogP) is 5.26. The molecule has 1 amide bonds. The van der Waals surface area contributed by atoms with E-state index in [1.807, 2.05) is 0 Å². The minimum Gasteiger partial charge on any atom is -0.335 e. The van der Waals surface area contributed by atoms with Gasteiger partial charge < -0.3 is 4.90 Å². The zero-order valence-electron chi connectivity index (χ0n) is 19.1. The topological polar surface area (TPSA) is 55.2 Å². The van der Waals surface area contributed by atoms with Crippen molar-refractivity contribution < 1.29 is 13.6 Å².